The molecule has 0 saturated carbocycles. The molecule has 9 heteroatoms. The Hall–Kier alpha value is -2.74. The quantitative estimate of drug-likeness (QED) is 0.399. The summed E-state index contributed by atoms with van der Waals surface area (Å²) in [5, 5.41) is 13.9. The van der Waals surface area contributed by atoms with E-state index in [0.717, 1.165) is 30.3 Å². The summed E-state index contributed by atoms with van der Waals surface area (Å²) in [5.74, 6) is 0.175. The standard InChI is InChI=1S/C18H22ClN5O3/c1-3-9-23(4-2)16(25)10-13-5-7-14(8-6-13)11-20-17-15(24(26)27)12-21-18(19)22-17/h5-8,12H,3-4,9-11H2,1-2H3,(H,20,21,22). The number of rotatable bonds is 9. The molecule has 0 saturated heterocycles. The highest BCUT2D eigenvalue weighted by atomic mass is 35.5. The molecule has 0 aliphatic carbocycles. The number of nitrogens with zero attached hydrogens (tertiary/aromatic N) is 4. The van der Waals surface area contributed by atoms with Crippen LogP contribution in [0.2, 0.25) is 5.28 Å². The molecule has 1 N–H and O–H groups in total. The van der Waals surface area contributed by atoms with Crippen molar-refractivity contribution in [2.24, 2.45) is 0 Å². The van der Waals surface area contributed by atoms with Gasteiger partial charge in [0.2, 0.25) is 17.0 Å². The van der Waals surface area contributed by atoms with Crippen molar-refractivity contribution in [1.29, 1.82) is 0 Å². The predicted octanol–water partition coefficient (Wildman–Crippen LogP) is 3.45. The van der Waals surface area contributed by atoms with Gasteiger partial charge in [0.1, 0.15) is 6.20 Å². The molecular formula is C18H22ClN5O3. The van der Waals surface area contributed by atoms with Crippen LogP contribution in [0.4, 0.5) is 11.5 Å². The molecule has 27 heavy (non-hydrogen) atoms. The Morgan fingerprint density at radius 3 is 2.52 bits per heavy atom. The van der Waals surface area contributed by atoms with E-state index in [9.17, 15) is 14.9 Å². The number of carbonyl (C=O) groups excluding carboxylic acids is 1. The first-order valence-corrected chi connectivity index (χ1v) is 9.08. The molecule has 0 bridgehead atoms. The normalized spacial score (nSPS) is 10.5. The molecule has 8 nitrogen and oxygen atoms in total. The minimum Gasteiger partial charge on any atom is -0.360 e. The fraction of sp³-hybridized carbons (Fsp3) is 0.389. The summed E-state index contributed by atoms with van der Waals surface area (Å²) >= 11 is 5.71. The number of benzene rings is 1. The first-order valence-electron chi connectivity index (χ1n) is 8.71. The second-order valence-electron chi connectivity index (χ2n) is 5.95. The fourth-order valence-electron chi connectivity index (χ4n) is 2.59. The Kier molecular flexibility index (Phi) is 7.48. The highest BCUT2D eigenvalue weighted by Gasteiger charge is 2.16. The average molecular weight is 392 g/mol. The molecule has 0 atom stereocenters. The number of likely N-dealkylation sites (N-methyl/N-ethyl adjacent to an activating group) is 1. The smallest absolute Gasteiger partial charge is 0.329 e. The van der Waals surface area contributed by atoms with Gasteiger partial charge in [0.25, 0.3) is 0 Å². The van der Waals surface area contributed by atoms with Crippen LogP contribution in [0, 0.1) is 10.1 Å². The number of nitrogens with one attached hydrogen (secondary N) is 1. The Morgan fingerprint density at radius 2 is 1.93 bits per heavy atom. The van der Waals surface area contributed by atoms with E-state index >= 15 is 0 Å². The van der Waals surface area contributed by atoms with Crippen molar-refractivity contribution < 1.29 is 9.72 Å². The second-order valence-corrected chi connectivity index (χ2v) is 6.29. The van der Waals surface area contributed by atoms with E-state index < -0.39 is 4.92 Å². The molecule has 1 heterocycles. The lowest BCUT2D eigenvalue weighted by atomic mass is 10.1. The van der Waals surface area contributed by atoms with Gasteiger partial charge in [-0.3, -0.25) is 14.9 Å². The summed E-state index contributed by atoms with van der Waals surface area (Å²) in [7, 11) is 0. The first-order chi connectivity index (χ1) is 12.9. The monoisotopic (exact) mass is 391 g/mol. The lowest BCUT2D eigenvalue weighted by molar-refractivity contribution is -0.384. The van der Waals surface area contributed by atoms with Crippen LogP contribution in [0.5, 0.6) is 0 Å². The second kappa shape index (κ2) is 9.82. The van der Waals surface area contributed by atoms with Gasteiger partial charge in [0.05, 0.1) is 11.3 Å². The van der Waals surface area contributed by atoms with Gasteiger partial charge in [-0.15, -0.1) is 0 Å². The van der Waals surface area contributed by atoms with Gasteiger partial charge in [0.15, 0.2) is 0 Å². The first kappa shape index (κ1) is 20.6. The summed E-state index contributed by atoms with van der Waals surface area (Å²) in [6.07, 6.45) is 2.36. The number of anilines is 1. The van der Waals surface area contributed by atoms with Gasteiger partial charge in [-0.05, 0) is 36.1 Å². The molecule has 2 aromatic rings. The third-order valence-electron chi connectivity index (χ3n) is 4.00. The minimum atomic E-state index is -0.566. The van der Waals surface area contributed by atoms with Crippen molar-refractivity contribution in [3.05, 3.63) is 57.0 Å². The number of carbonyl (C=O) groups is 1. The van der Waals surface area contributed by atoms with Crippen LogP contribution in [0.3, 0.4) is 0 Å². The highest BCUT2D eigenvalue weighted by Crippen LogP contribution is 2.22. The SMILES string of the molecule is CCCN(CC)C(=O)Cc1ccc(CNc2nc(Cl)ncc2[N+](=O)[O-])cc1. The van der Waals surface area contributed by atoms with Gasteiger partial charge in [0, 0.05) is 19.6 Å². The lowest BCUT2D eigenvalue weighted by Crippen LogP contribution is -2.32. The third-order valence-corrected chi connectivity index (χ3v) is 4.19. The molecule has 0 aliphatic rings. The summed E-state index contributed by atoms with van der Waals surface area (Å²) in [5.41, 5.74) is 1.59. The average Bonchev–Trinajstić information content (AvgIpc) is 2.65. The summed E-state index contributed by atoms with van der Waals surface area (Å²) in [6, 6.07) is 7.52. The van der Waals surface area contributed by atoms with E-state index in [1.165, 1.54) is 0 Å². The van der Waals surface area contributed by atoms with Gasteiger partial charge >= 0.3 is 5.69 Å². The van der Waals surface area contributed by atoms with Crippen molar-refractivity contribution in [3.8, 4) is 0 Å². The van der Waals surface area contributed by atoms with Crippen molar-refractivity contribution in [2.75, 3.05) is 18.4 Å². The Labute approximate surface area is 162 Å². The van der Waals surface area contributed by atoms with Crippen molar-refractivity contribution in [2.45, 2.75) is 33.2 Å². The zero-order valence-electron chi connectivity index (χ0n) is 15.3. The maximum absolute atomic E-state index is 12.3. The van der Waals surface area contributed by atoms with Gasteiger partial charge in [-0.25, -0.2) is 4.98 Å². The van der Waals surface area contributed by atoms with E-state index in [1.54, 1.807) is 0 Å². The van der Waals surface area contributed by atoms with Crippen molar-refractivity contribution in [1.82, 2.24) is 14.9 Å². The van der Waals surface area contributed by atoms with Crippen molar-refractivity contribution >= 4 is 29.0 Å². The van der Waals surface area contributed by atoms with E-state index in [0.29, 0.717) is 19.5 Å². The number of aromatic nitrogens is 2. The molecule has 0 spiro atoms. The van der Waals surface area contributed by atoms with Crippen LogP contribution < -0.4 is 5.32 Å². The lowest BCUT2D eigenvalue weighted by Gasteiger charge is -2.20. The highest BCUT2D eigenvalue weighted by molar-refractivity contribution is 6.28. The van der Waals surface area contributed by atoms with Crippen LogP contribution in [-0.2, 0) is 17.8 Å². The molecular weight excluding hydrogens is 370 g/mol. The maximum Gasteiger partial charge on any atom is 0.329 e. The van der Waals surface area contributed by atoms with E-state index in [4.69, 9.17) is 11.6 Å². The molecule has 0 radical (unpaired) electrons. The number of halogens is 1. The van der Waals surface area contributed by atoms with E-state index in [-0.39, 0.29) is 22.7 Å². The number of nitro groups is 1. The van der Waals surface area contributed by atoms with Gasteiger partial charge < -0.3 is 10.2 Å². The van der Waals surface area contributed by atoms with Crippen LogP contribution in [0.25, 0.3) is 0 Å². The van der Waals surface area contributed by atoms with Crippen LogP contribution in [-0.4, -0.2) is 38.8 Å². The predicted molar refractivity (Wildman–Crippen MR) is 104 cm³/mol. The molecule has 0 aliphatic heterocycles. The Balaban J connectivity index is 1.99. The number of amides is 1. The number of hydrogen-bond donors (Lipinski definition) is 1. The molecule has 0 fully saturated rings. The molecule has 144 valence electrons. The van der Waals surface area contributed by atoms with E-state index in [2.05, 4.69) is 15.3 Å². The fourth-order valence-corrected chi connectivity index (χ4v) is 2.73. The third kappa shape index (κ3) is 5.89. The summed E-state index contributed by atoms with van der Waals surface area (Å²) in [6.45, 7) is 5.82. The van der Waals surface area contributed by atoms with Crippen LogP contribution in [0.1, 0.15) is 31.4 Å². The summed E-state index contributed by atoms with van der Waals surface area (Å²) in [4.78, 5) is 32.1. The maximum atomic E-state index is 12.3. The van der Waals surface area contributed by atoms with Crippen LogP contribution in [0.15, 0.2) is 30.5 Å². The van der Waals surface area contributed by atoms with Crippen LogP contribution >= 0.6 is 11.6 Å². The van der Waals surface area contributed by atoms with Crippen molar-refractivity contribution in [3.63, 3.8) is 0 Å². The summed E-state index contributed by atoms with van der Waals surface area (Å²) < 4.78 is 0. The zero-order chi connectivity index (χ0) is 19.8. The zero-order valence-corrected chi connectivity index (χ0v) is 16.1. The largest absolute Gasteiger partial charge is 0.360 e. The molecule has 2 rings (SSSR count). The molecule has 0 unspecified atom stereocenters. The minimum absolute atomic E-state index is 0.0653. The van der Waals surface area contributed by atoms with E-state index in [1.807, 2.05) is 43.0 Å². The molecule has 1 amide bonds. The topological polar surface area (TPSA) is 101 Å². The molecule has 1 aromatic carbocycles. The molecule has 1 aromatic heterocycles. The Morgan fingerprint density at radius 1 is 1.26 bits per heavy atom. The number of hydrogen-bond acceptors (Lipinski definition) is 6. The van der Waals surface area contributed by atoms with Gasteiger partial charge in [-0.1, -0.05) is 31.2 Å². The Bertz CT molecular complexity index is 798. The van der Waals surface area contributed by atoms with Gasteiger partial charge in [-0.2, -0.15) is 4.98 Å².